The van der Waals surface area contributed by atoms with Gasteiger partial charge in [-0.2, -0.15) is 0 Å². The molecule has 1 atom stereocenters. The van der Waals surface area contributed by atoms with Crippen LogP contribution in [0, 0.1) is 0 Å². The highest BCUT2D eigenvalue weighted by molar-refractivity contribution is 6.30. The fourth-order valence-electron chi connectivity index (χ4n) is 2.55. The number of hydrogen-bond donors (Lipinski definition) is 2. The maximum atomic E-state index is 12.0. The van der Waals surface area contributed by atoms with Crippen molar-refractivity contribution in [2.45, 2.75) is 45.9 Å². The van der Waals surface area contributed by atoms with Gasteiger partial charge < -0.3 is 25.3 Å². The molecule has 0 radical (unpaired) electrons. The van der Waals surface area contributed by atoms with Gasteiger partial charge in [0.2, 0.25) is 0 Å². The first-order valence-electron chi connectivity index (χ1n) is 9.54. The highest BCUT2D eigenvalue weighted by Crippen LogP contribution is 2.32. The number of esters is 1. The Hall–Kier alpha value is -2.77. The maximum absolute atomic E-state index is 12.0. The largest absolute Gasteiger partial charge is 0.465 e. The molecule has 0 aliphatic heterocycles. The molecule has 162 valence electrons. The molecule has 30 heavy (non-hydrogen) atoms. The van der Waals surface area contributed by atoms with Gasteiger partial charge in [-0.15, -0.1) is 0 Å². The SMILES string of the molecule is CCOC(=O)C(N)c1ccc(Cl)cc1Oc1cccc(CNC(=O)OC(C)(C)C)c1. The molecule has 2 rings (SSSR count). The van der Waals surface area contributed by atoms with Gasteiger partial charge in [0.25, 0.3) is 0 Å². The second kappa shape index (κ2) is 10.3. The van der Waals surface area contributed by atoms with Gasteiger partial charge in [-0.3, -0.25) is 0 Å². The van der Waals surface area contributed by atoms with E-state index in [9.17, 15) is 9.59 Å². The predicted octanol–water partition coefficient (Wildman–Crippen LogP) is 4.72. The number of amides is 1. The zero-order valence-corrected chi connectivity index (χ0v) is 18.3. The van der Waals surface area contributed by atoms with Gasteiger partial charge in [-0.25, -0.2) is 9.59 Å². The van der Waals surface area contributed by atoms with Gasteiger partial charge in [-0.05, 0) is 57.5 Å². The molecule has 2 aromatic carbocycles. The molecule has 8 heteroatoms. The van der Waals surface area contributed by atoms with Gasteiger partial charge in [0.05, 0.1) is 6.61 Å². The van der Waals surface area contributed by atoms with Crippen LogP contribution < -0.4 is 15.8 Å². The van der Waals surface area contributed by atoms with E-state index in [1.165, 1.54) is 0 Å². The molecule has 7 nitrogen and oxygen atoms in total. The normalized spacial score (nSPS) is 12.1. The lowest BCUT2D eigenvalue weighted by Gasteiger charge is -2.20. The van der Waals surface area contributed by atoms with Gasteiger partial charge in [0.15, 0.2) is 0 Å². The Labute approximate surface area is 181 Å². The van der Waals surface area contributed by atoms with Crippen LogP contribution in [0.5, 0.6) is 11.5 Å². The Morgan fingerprint density at radius 1 is 1.17 bits per heavy atom. The summed E-state index contributed by atoms with van der Waals surface area (Å²) in [5, 5.41) is 3.13. The highest BCUT2D eigenvalue weighted by atomic mass is 35.5. The minimum atomic E-state index is -1.01. The maximum Gasteiger partial charge on any atom is 0.407 e. The first-order valence-corrected chi connectivity index (χ1v) is 9.92. The van der Waals surface area contributed by atoms with Crippen LogP contribution in [0.25, 0.3) is 0 Å². The number of benzene rings is 2. The van der Waals surface area contributed by atoms with Crippen molar-refractivity contribution in [3.63, 3.8) is 0 Å². The lowest BCUT2D eigenvalue weighted by Crippen LogP contribution is -2.32. The van der Waals surface area contributed by atoms with E-state index in [1.54, 1.807) is 64.1 Å². The van der Waals surface area contributed by atoms with Gasteiger partial charge in [0.1, 0.15) is 23.1 Å². The summed E-state index contributed by atoms with van der Waals surface area (Å²) in [5.74, 6) is 0.290. The van der Waals surface area contributed by atoms with E-state index >= 15 is 0 Å². The minimum absolute atomic E-state index is 0.225. The number of nitrogens with one attached hydrogen (secondary N) is 1. The first kappa shape index (κ1) is 23.5. The standard InChI is InChI=1S/C22H27ClN2O5/c1-5-28-20(26)19(24)17-10-9-15(23)12-18(17)29-16-8-6-7-14(11-16)13-25-21(27)30-22(2,3)4/h6-12,19H,5,13,24H2,1-4H3,(H,25,27). The van der Waals surface area contributed by atoms with Crippen LogP contribution in [0.1, 0.15) is 44.9 Å². The average molecular weight is 435 g/mol. The third-order valence-corrected chi connectivity index (χ3v) is 4.05. The van der Waals surface area contributed by atoms with E-state index < -0.39 is 23.7 Å². The molecule has 0 aliphatic carbocycles. The van der Waals surface area contributed by atoms with Crippen molar-refractivity contribution in [2.24, 2.45) is 5.73 Å². The summed E-state index contributed by atoms with van der Waals surface area (Å²) in [6.07, 6.45) is -0.508. The van der Waals surface area contributed by atoms with E-state index in [0.29, 0.717) is 22.1 Å². The number of hydrogen-bond acceptors (Lipinski definition) is 6. The quantitative estimate of drug-likeness (QED) is 0.611. The second-order valence-electron chi connectivity index (χ2n) is 7.52. The molecular formula is C22H27ClN2O5. The van der Waals surface area contributed by atoms with Crippen molar-refractivity contribution in [1.82, 2.24) is 5.32 Å². The van der Waals surface area contributed by atoms with Crippen molar-refractivity contribution in [3.05, 3.63) is 58.6 Å². The van der Waals surface area contributed by atoms with E-state index in [1.807, 2.05) is 6.07 Å². The summed E-state index contributed by atoms with van der Waals surface area (Å²) >= 11 is 6.10. The summed E-state index contributed by atoms with van der Waals surface area (Å²) < 4.78 is 16.2. The number of halogens is 1. The third kappa shape index (κ3) is 7.24. The predicted molar refractivity (Wildman–Crippen MR) is 115 cm³/mol. The topological polar surface area (TPSA) is 99.9 Å². The van der Waals surface area contributed by atoms with E-state index in [4.69, 9.17) is 31.5 Å². The molecule has 0 saturated carbocycles. The molecule has 0 aliphatic rings. The lowest BCUT2D eigenvalue weighted by molar-refractivity contribution is -0.144. The zero-order chi connectivity index (χ0) is 22.3. The Morgan fingerprint density at radius 2 is 1.90 bits per heavy atom. The van der Waals surface area contributed by atoms with Crippen molar-refractivity contribution < 1.29 is 23.8 Å². The van der Waals surface area contributed by atoms with Crippen LogP contribution in [0.4, 0.5) is 4.79 Å². The minimum Gasteiger partial charge on any atom is -0.465 e. The molecule has 3 N–H and O–H groups in total. The Morgan fingerprint density at radius 3 is 2.57 bits per heavy atom. The van der Waals surface area contributed by atoms with Gasteiger partial charge in [0, 0.05) is 17.1 Å². The third-order valence-electron chi connectivity index (χ3n) is 3.81. The van der Waals surface area contributed by atoms with Gasteiger partial charge >= 0.3 is 12.1 Å². The number of carbonyl (C=O) groups excluding carboxylic acids is 2. The van der Waals surface area contributed by atoms with Crippen molar-refractivity contribution >= 4 is 23.7 Å². The number of alkyl carbamates (subject to hydrolysis) is 1. The van der Waals surface area contributed by atoms with E-state index in [0.717, 1.165) is 5.56 Å². The fraction of sp³-hybridized carbons (Fsp3) is 0.364. The molecule has 0 heterocycles. The summed E-state index contributed by atoms with van der Waals surface area (Å²) in [7, 11) is 0. The molecule has 0 aromatic heterocycles. The number of rotatable bonds is 7. The molecule has 2 aromatic rings. The monoisotopic (exact) mass is 434 g/mol. The van der Waals surface area contributed by atoms with Gasteiger partial charge in [-0.1, -0.05) is 29.8 Å². The van der Waals surface area contributed by atoms with Crippen molar-refractivity contribution in [1.29, 1.82) is 0 Å². The van der Waals surface area contributed by atoms with Crippen LogP contribution in [-0.4, -0.2) is 24.3 Å². The second-order valence-corrected chi connectivity index (χ2v) is 7.95. The number of carbonyl (C=O) groups is 2. The Kier molecular flexibility index (Phi) is 8.08. The molecule has 1 amide bonds. The Bertz CT molecular complexity index is 895. The van der Waals surface area contributed by atoms with Crippen LogP contribution in [0.2, 0.25) is 5.02 Å². The molecule has 0 saturated heterocycles. The van der Waals surface area contributed by atoms with Crippen molar-refractivity contribution in [3.8, 4) is 11.5 Å². The van der Waals surface area contributed by atoms with E-state index in [-0.39, 0.29) is 13.2 Å². The first-order chi connectivity index (χ1) is 14.1. The van der Waals surface area contributed by atoms with E-state index in [2.05, 4.69) is 5.32 Å². The zero-order valence-electron chi connectivity index (χ0n) is 17.5. The van der Waals surface area contributed by atoms with Crippen LogP contribution in [0.3, 0.4) is 0 Å². The molecule has 0 bridgehead atoms. The van der Waals surface area contributed by atoms with Crippen LogP contribution in [0.15, 0.2) is 42.5 Å². The van der Waals surface area contributed by atoms with Crippen LogP contribution in [-0.2, 0) is 20.8 Å². The highest BCUT2D eigenvalue weighted by Gasteiger charge is 2.22. The summed E-state index contributed by atoms with van der Waals surface area (Å²) in [4.78, 5) is 23.9. The number of ether oxygens (including phenoxy) is 3. The molecule has 0 spiro atoms. The molecule has 0 fully saturated rings. The summed E-state index contributed by atoms with van der Waals surface area (Å²) in [6, 6.07) is 11.0. The average Bonchev–Trinajstić information content (AvgIpc) is 2.65. The number of nitrogens with two attached hydrogens (primary N) is 1. The Balaban J connectivity index is 2.15. The summed E-state index contributed by atoms with van der Waals surface area (Å²) in [6.45, 7) is 7.58. The van der Waals surface area contributed by atoms with Crippen molar-refractivity contribution in [2.75, 3.05) is 6.61 Å². The summed E-state index contributed by atoms with van der Waals surface area (Å²) in [5.41, 5.74) is 6.71. The molecule has 1 unspecified atom stereocenters. The lowest BCUT2D eigenvalue weighted by atomic mass is 10.1. The molecular weight excluding hydrogens is 408 g/mol. The van der Waals surface area contributed by atoms with Crippen LogP contribution >= 0.6 is 11.6 Å². The fourth-order valence-corrected chi connectivity index (χ4v) is 2.71. The smallest absolute Gasteiger partial charge is 0.407 e.